The van der Waals surface area contributed by atoms with E-state index in [0.29, 0.717) is 16.1 Å². The summed E-state index contributed by atoms with van der Waals surface area (Å²) < 4.78 is 27.5. The highest BCUT2D eigenvalue weighted by Gasteiger charge is 2.29. The molecule has 0 radical (unpaired) electrons. The highest BCUT2D eigenvalue weighted by molar-refractivity contribution is 6.29. The van der Waals surface area contributed by atoms with Crippen molar-refractivity contribution < 1.29 is 28.0 Å². The zero-order valence-corrected chi connectivity index (χ0v) is 19.0. The minimum atomic E-state index is -2.48. The van der Waals surface area contributed by atoms with Crippen LogP contribution in [0.25, 0.3) is 10.9 Å². The van der Waals surface area contributed by atoms with Crippen LogP contribution in [0.5, 0.6) is 0 Å². The molecule has 3 rings (SSSR count). The SMILES string of the molecule is NC(=O)CCN(NC(=O)[C@H](Cc1ccccc1)NC(=O)c1cc2c(F)cccc2[nH]1)C(=O)C(F)Cl. The van der Waals surface area contributed by atoms with Gasteiger partial charge in [-0.25, -0.2) is 13.8 Å². The van der Waals surface area contributed by atoms with Crippen LogP contribution in [0, 0.1) is 5.82 Å². The molecule has 12 heteroatoms. The number of alkyl halides is 2. The first-order valence-electron chi connectivity index (χ1n) is 10.5. The molecule has 0 spiro atoms. The largest absolute Gasteiger partial charge is 0.370 e. The molecule has 1 unspecified atom stereocenters. The van der Waals surface area contributed by atoms with Gasteiger partial charge in [-0.3, -0.25) is 24.6 Å². The Morgan fingerprint density at radius 2 is 1.80 bits per heavy atom. The number of amides is 4. The number of primary amides is 1. The highest BCUT2D eigenvalue weighted by atomic mass is 35.5. The van der Waals surface area contributed by atoms with Gasteiger partial charge >= 0.3 is 0 Å². The Balaban J connectivity index is 1.83. The summed E-state index contributed by atoms with van der Waals surface area (Å²) in [5, 5.41) is 3.27. The molecule has 0 aliphatic rings. The average molecular weight is 506 g/mol. The number of hydrazine groups is 1. The molecule has 4 amide bonds. The predicted octanol–water partition coefficient (Wildman–Crippen LogP) is 1.92. The number of H-pyrrole nitrogens is 1. The molecule has 35 heavy (non-hydrogen) atoms. The lowest BCUT2D eigenvalue weighted by atomic mass is 10.1. The second kappa shape index (κ2) is 11.4. The van der Waals surface area contributed by atoms with Crippen LogP contribution < -0.4 is 16.5 Å². The summed E-state index contributed by atoms with van der Waals surface area (Å²) >= 11 is 5.22. The number of fused-ring (bicyclic) bond motifs is 1. The van der Waals surface area contributed by atoms with Crippen LogP contribution in [-0.4, -0.2) is 51.8 Å². The van der Waals surface area contributed by atoms with Crippen molar-refractivity contribution in [3.05, 3.63) is 71.7 Å². The molecular formula is C23H22ClF2N5O4. The monoisotopic (exact) mass is 505 g/mol. The van der Waals surface area contributed by atoms with Gasteiger partial charge in [0.2, 0.25) is 5.91 Å². The van der Waals surface area contributed by atoms with E-state index in [-0.39, 0.29) is 23.9 Å². The Kier molecular flexibility index (Phi) is 8.37. The van der Waals surface area contributed by atoms with Gasteiger partial charge in [0.25, 0.3) is 23.4 Å². The van der Waals surface area contributed by atoms with Gasteiger partial charge in [0.05, 0.1) is 6.54 Å². The molecule has 0 bridgehead atoms. The summed E-state index contributed by atoms with van der Waals surface area (Å²) in [7, 11) is 0. The van der Waals surface area contributed by atoms with Gasteiger partial charge in [-0.05, 0) is 23.8 Å². The van der Waals surface area contributed by atoms with E-state index in [1.807, 2.05) is 0 Å². The fourth-order valence-electron chi connectivity index (χ4n) is 3.31. The van der Waals surface area contributed by atoms with E-state index in [1.54, 1.807) is 36.4 Å². The predicted molar refractivity (Wildman–Crippen MR) is 124 cm³/mol. The van der Waals surface area contributed by atoms with E-state index in [9.17, 15) is 28.0 Å². The summed E-state index contributed by atoms with van der Waals surface area (Å²) in [4.78, 5) is 51.9. The van der Waals surface area contributed by atoms with E-state index < -0.39 is 47.7 Å². The number of aromatic amines is 1. The molecule has 5 N–H and O–H groups in total. The first kappa shape index (κ1) is 25.6. The van der Waals surface area contributed by atoms with Crippen molar-refractivity contribution in [2.75, 3.05) is 6.54 Å². The van der Waals surface area contributed by atoms with Crippen molar-refractivity contribution in [3.8, 4) is 0 Å². The second-order valence-corrected chi connectivity index (χ2v) is 7.97. The Hall–Kier alpha value is -3.99. The number of hydrogen-bond acceptors (Lipinski definition) is 4. The minimum absolute atomic E-state index is 0.00204. The van der Waals surface area contributed by atoms with Gasteiger partial charge in [-0.15, -0.1) is 0 Å². The van der Waals surface area contributed by atoms with Crippen LogP contribution in [0.1, 0.15) is 22.5 Å². The topological polar surface area (TPSA) is 137 Å². The maximum absolute atomic E-state index is 14.0. The molecule has 0 aliphatic carbocycles. The van der Waals surface area contributed by atoms with Gasteiger partial charge in [0.15, 0.2) is 0 Å². The molecule has 0 fully saturated rings. The van der Waals surface area contributed by atoms with Crippen LogP contribution in [0.15, 0.2) is 54.6 Å². The smallest absolute Gasteiger partial charge is 0.291 e. The van der Waals surface area contributed by atoms with Gasteiger partial charge < -0.3 is 16.0 Å². The van der Waals surface area contributed by atoms with Crippen molar-refractivity contribution in [1.82, 2.24) is 20.7 Å². The number of halogens is 3. The van der Waals surface area contributed by atoms with E-state index in [1.165, 1.54) is 18.2 Å². The minimum Gasteiger partial charge on any atom is -0.370 e. The molecule has 1 heterocycles. The zero-order valence-electron chi connectivity index (χ0n) is 18.3. The molecule has 184 valence electrons. The van der Waals surface area contributed by atoms with Gasteiger partial charge in [0, 0.05) is 23.7 Å². The molecule has 0 saturated heterocycles. The molecule has 1 aromatic heterocycles. The molecule has 2 atom stereocenters. The molecule has 2 aromatic carbocycles. The number of carbonyl (C=O) groups is 4. The third-order valence-electron chi connectivity index (χ3n) is 5.04. The summed E-state index contributed by atoms with van der Waals surface area (Å²) in [6, 6.07) is 13.1. The Morgan fingerprint density at radius 3 is 2.43 bits per heavy atom. The number of nitrogens with zero attached hydrogens (tertiary/aromatic N) is 1. The zero-order chi connectivity index (χ0) is 25.5. The van der Waals surface area contributed by atoms with Crippen molar-refractivity contribution in [1.29, 1.82) is 0 Å². The normalized spacial score (nSPS) is 12.5. The number of nitrogens with two attached hydrogens (primary N) is 1. The van der Waals surface area contributed by atoms with Crippen LogP contribution in [0.3, 0.4) is 0 Å². The van der Waals surface area contributed by atoms with Crippen molar-refractivity contribution in [3.63, 3.8) is 0 Å². The Labute approximate surface area is 203 Å². The third-order valence-corrected chi connectivity index (χ3v) is 5.23. The number of hydrogen-bond donors (Lipinski definition) is 4. The molecule has 0 aliphatic heterocycles. The van der Waals surface area contributed by atoms with E-state index in [4.69, 9.17) is 17.3 Å². The van der Waals surface area contributed by atoms with Crippen LogP contribution >= 0.6 is 11.6 Å². The Morgan fingerprint density at radius 1 is 1.09 bits per heavy atom. The first-order chi connectivity index (χ1) is 16.7. The summed E-state index contributed by atoms with van der Waals surface area (Å²) in [6.45, 7) is -0.430. The standard InChI is InChI=1S/C23H22ClF2N5O4/c24-20(26)23(35)31(10-9-19(27)32)30-22(34)17(11-13-5-2-1-3-6-13)29-21(33)18-12-14-15(25)7-4-8-16(14)28-18/h1-8,12,17,20,28H,9-11H2,(H2,27,32)(H,29,33)(H,30,34)/t17-,20?/m0/s1. The van der Waals surface area contributed by atoms with Crippen LogP contribution in [0.2, 0.25) is 0 Å². The van der Waals surface area contributed by atoms with Crippen LogP contribution in [0.4, 0.5) is 8.78 Å². The number of nitrogens with one attached hydrogen (secondary N) is 3. The summed E-state index contributed by atoms with van der Waals surface area (Å²) in [6.07, 6.45) is -0.364. The van der Waals surface area contributed by atoms with Gasteiger partial charge in [0.1, 0.15) is 17.6 Å². The number of carbonyl (C=O) groups excluding carboxylic acids is 4. The van der Waals surface area contributed by atoms with E-state index in [0.717, 1.165) is 0 Å². The van der Waals surface area contributed by atoms with E-state index >= 15 is 0 Å². The summed E-state index contributed by atoms with van der Waals surface area (Å²) in [5.41, 5.74) is 5.86. The number of aromatic nitrogens is 1. The fourth-order valence-corrected chi connectivity index (χ4v) is 3.43. The lowest BCUT2D eigenvalue weighted by molar-refractivity contribution is -0.144. The maximum atomic E-state index is 14.0. The third kappa shape index (κ3) is 6.76. The van der Waals surface area contributed by atoms with Gasteiger partial charge in [-0.2, -0.15) is 0 Å². The van der Waals surface area contributed by atoms with Crippen LogP contribution in [-0.2, 0) is 20.8 Å². The number of benzene rings is 2. The number of rotatable bonds is 9. The van der Waals surface area contributed by atoms with Crippen molar-refractivity contribution in [2.45, 2.75) is 24.5 Å². The molecular weight excluding hydrogens is 484 g/mol. The first-order valence-corrected chi connectivity index (χ1v) is 10.9. The quantitative estimate of drug-likeness (QED) is 0.261. The molecule has 3 aromatic rings. The highest BCUT2D eigenvalue weighted by Crippen LogP contribution is 2.19. The summed E-state index contributed by atoms with van der Waals surface area (Å²) in [5.74, 6) is -4.21. The van der Waals surface area contributed by atoms with Crippen molar-refractivity contribution in [2.24, 2.45) is 5.73 Å². The second-order valence-electron chi connectivity index (χ2n) is 7.58. The lowest BCUT2D eigenvalue weighted by Gasteiger charge is -2.26. The van der Waals surface area contributed by atoms with E-state index in [2.05, 4.69) is 15.7 Å². The average Bonchev–Trinajstić information content (AvgIpc) is 3.27. The molecule has 9 nitrogen and oxygen atoms in total. The lowest BCUT2D eigenvalue weighted by Crippen LogP contribution is -2.56. The van der Waals surface area contributed by atoms with Gasteiger partial charge in [-0.1, -0.05) is 48.0 Å². The van der Waals surface area contributed by atoms with Crippen molar-refractivity contribution >= 4 is 46.1 Å². The maximum Gasteiger partial charge on any atom is 0.291 e. The molecule has 0 saturated carbocycles. The fraction of sp³-hybridized carbons (Fsp3) is 0.217. The Bertz CT molecular complexity index is 1240.